The number of hydrogen-bond donors (Lipinski definition) is 1. The van der Waals surface area contributed by atoms with Gasteiger partial charge in [-0.2, -0.15) is 4.68 Å². The lowest BCUT2D eigenvalue weighted by atomic mass is 9.94. The predicted molar refractivity (Wildman–Crippen MR) is 102 cm³/mol. The Morgan fingerprint density at radius 1 is 1.21 bits per heavy atom. The van der Waals surface area contributed by atoms with Crippen LogP contribution in [0.5, 0.6) is 0 Å². The van der Waals surface area contributed by atoms with Gasteiger partial charge in [-0.1, -0.05) is 47.6 Å². The van der Waals surface area contributed by atoms with Crippen LogP contribution in [0.1, 0.15) is 24.1 Å². The molecule has 146 valence electrons. The van der Waals surface area contributed by atoms with Crippen molar-refractivity contribution in [2.75, 3.05) is 5.32 Å². The summed E-state index contributed by atoms with van der Waals surface area (Å²) in [4.78, 5) is 24.1. The molecule has 0 bridgehead atoms. The molecular weight excluding hydrogens is 376 g/mol. The number of nitrogens with zero attached hydrogens (tertiary/aromatic N) is 5. The van der Waals surface area contributed by atoms with Crippen molar-refractivity contribution in [1.82, 2.24) is 20.2 Å². The van der Waals surface area contributed by atoms with E-state index in [-0.39, 0.29) is 23.8 Å². The van der Waals surface area contributed by atoms with Crippen molar-refractivity contribution in [2.45, 2.75) is 19.6 Å². The van der Waals surface area contributed by atoms with Crippen LogP contribution in [-0.2, 0) is 16.1 Å². The molecule has 1 aliphatic rings. The van der Waals surface area contributed by atoms with Crippen LogP contribution in [0, 0.1) is 10.1 Å². The van der Waals surface area contributed by atoms with Crippen molar-refractivity contribution in [3.8, 4) is 0 Å². The van der Waals surface area contributed by atoms with Gasteiger partial charge in [0, 0.05) is 11.8 Å². The number of aromatic nitrogens is 4. The zero-order valence-corrected chi connectivity index (χ0v) is 15.3. The van der Waals surface area contributed by atoms with Crippen molar-refractivity contribution in [3.05, 3.63) is 87.1 Å². The molecule has 10 heteroatoms. The number of hydrogen-bond acceptors (Lipinski definition) is 8. The lowest BCUT2D eigenvalue weighted by Gasteiger charge is -2.27. The molecule has 0 aliphatic carbocycles. The third-order valence-electron chi connectivity index (χ3n) is 4.57. The molecule has 0 saturated carbocycles. The van der Waals surface area contributed by atoms with Crippen molar-refractivity contribution in [2.24, 2.45) is 0 Å². The molecule has 3 aromatic rings. The number of anilines is 1. The first-order valence-corrected chi connectivity index (χ1v) is 8.76. The molecule has 29 heavy (non-hydrogen) atoms. The van der Waals surface area contributed by atoms with E-state index in [2.05, 4.69) is 20.8 Å². The number of para-hydroxylation sites is 1. The van der Waals surface area contributed by atoms with Crippen molar-refractivity contribution in [1.29, 1.82) is 0 Å². The van der Waals surface area contributed by atoms with Gasteiger partial charge in [-0.05, 0) is 29.0 Å². The Balaban J connectivity index is 1.75. The summed E-state index contributed by atoms with van der Waals surface area (Å²) in [6.07, 6.45) is 0. The zero-order chi connectivity index (χ0) is 20.4. The SMILES string of the molecule is CC1=C(C(=O)OCc2ccccc2)[C@@H](c2ccccc2[N+](=O)[O-])n2nnnc2N1. The summed E-state index contributed by atoms with van der Waals surface area (Å²) in [6.45, 7) is 1.75. The normalized spacial score (nSPS) is 15.4. The standard InChI is InChI=1S/C19H16N6O4/c1-12-16(18(26)29-11-13-7-3-2-4-8-13)17(24-19(20-12)21-22-23-24)14-9-5-6-10-15(14)25(27)28/h2-10,17H,11H2,1H3,(H,20,21,23)/t17-/m1/s1. The van der Waals surface area contributed by atoms with Gasteiger partial charge in [0.05, 0.1) is 16.1 Å². The highest BCUT2D eigenvalue weighted by Gasteiger charge is 2.38. The number of esters is 1. The van der Waals surface area contributed by atoms with Crippen molar-refractivity contribution in [3.63, 3.8) is 0 Å². The Morgan fingerprint density at radius 3 is 2.69 bits per heavy atom. The molecule has 0 fully saturated rings. The fraction of sp³-hybridized carbons (Fsp3) is 0.158. The second kappa shape index (κ2) is 7.50. The summed E-state index contributed by atoms with van der Waals surface area (Å²) in [5.41, 5.74) is 1.65. The average molecular weight is 392 g/mol. The van der Waals surface area contributed by atoms with E-state index in [1.807, 2.05) is 30.3 Å². The molecule has 4 rings (SSSR count). The van der Waals surface area contributed by atoms with Crippen LogP contribution >= 0.6 is 0 Å². The summed E-state index contributed by atoms with van der Waals surface area (Å²) in [5, 5.41) is 26.0. The molecule has 2 heterocycles. The number of rotatable bonds is 5. The summed E-state index contributed by atoms with van der Waals surface area (Å²) in [5.74, 6) is -0.326. The summed E-state index contributed by atoms with van der Waals surface area (Å²) in [7, 11) is 0. The van der Waals surface area contributed by atoms with Crippen LogP contribution in [-0.4, -0.2) is 31.1 Å². The molecule has 1 N–H and O–H groups in total. The second-order valence-electron chi connectivity index (χ2n) is 6.39. The number of tetrazole rings is 1. The maximum Gasteiger partial charge on any atom is 0.338 e. The highest BCUT2D eigenvalue weighted by atomic mass is 16.6. The zero-order valence-electron chi connectivity index (χ0n) is 15.3. The Bertz CT molecular complexity index is 1110. The number of benzene rings is 2. The first-order chi connectivity index (χ1) is 14.1. The molecule has 0 unspecified atom stereocenters. The number of fused-ring (bicyclic) bond motifs is 1. The van der Waals surface area contributed by atoms with E-state index in [0.717, 1.165) is 5.56 Å². The van der Waals surface area contributed by atoms with E-state index in [4.69, 9.17) is 4.74 Å². The molecule has 1 aliphatic heterocycles. The van der Waals surface area contributed by atoms with Crippen LogP contribution in [0.3, 0.4) is 0 Å². The van der Waals surface area contributed by atoms with Crippen LogP contribution in [0.25, 0.3) is 0 Å². The van der Waals surface area contributed by atoms with Gasteiger partial charge in [-0.15, -0.1) is 0 Å². The Labute approximate surface area is 165 Å². The van der Waals surface area contributed by atoms with Crippen LogP contribution in [0.15, 0.2) is 65.9 Å². The largest absolute Gasteiger partial charge is 0.457 e. The molecule has 0 amide bonds. The summed E-state index contributed by atoms with van der Waals surface area (Å²) >= 11 is 0. The minimum Gasteiger partial charge on any atom is -0.457 e. The van der Waals surface area contributed by atoms with Crippen LogP contribution in [0.2, 0.25) is 0 Å². The molecule has 1 aromatic heterocycles. The Morgan fingerprint density at radius 2 is 1.93 bits per heavy atom. The fourth-order valence-corrected chi connectivity index (χ4v) is 3.25. The van der Waals surface area contributed by atoms with E-state index in [0.29, 0.717) is 11.3 Å². The van der Waals surface area contributed by atoms with Gasteiger partial charge in [0.15, 0.2) is 0 Å². The number of carbonyl (C=O) groups excluding carboxylic acids is 1. The Kier molecular flexibility index (Phi) is 4.73. The predicted octanol–water partition coefficient (Wildman–Crippen LogP) is 2.61. The maximum atomic E-state index is 13.0. The molecule has 0 saturated heterocycles. The molecule has 0 radical (unpaired) electrons. The van der Waals surface area contributed by atoms with Crippen molar-refractivity contribution >= 4 is 17.6 Å². The first-order valence-electron chi connectivity index (χ1n) is 8.76. The lowest BCUT2D eigenvalue weighted by molar-refractivity contribution is -0.385. The smallest absolute Gasteiger partial charge is 0.338 e. The van der Waals surface area contributed by atoms with Crippen LogP contribution in [0.4, 0.5) is 11.6 Å². The minimum absolute atomic E-state index is 0.0719. The molecule has 10 nitrogen and oxygen atoms in total. The van der Waals surface area contributed by atoms with Gasteiger partial charge in [0.25, 0.3) is 5.69 Å². The number of allylic oxidation sites excluding steroid dienone is 1. The number of nitro benzene ring substituents is 1. The highest BCUT2D eigenvalue weighted by molar-refractivity contribution is 5.92. The number of carbonyl (C=O) groups is 1. The van der Waals surface area contributed by atoms with Gasteiger partial charge in [-0.3, -0.25) is 10.1 Å². The molecule has 1 atom stereocenters. The third kappa shape index (κ3) is 3.43. The quantitative estimate of drug-likeness (QED) is 0.399. The van der Waals surface area contributed by atoms with E-state index in [9.17, 15) is 14.9 Å². The number of nitro groups is 1. The lowest BCUT2D eigenvalue weighted by Crippen LogP contribution is -2.30. The number of ether oxygens (including phenoxy) is 1. The highest BCUT2D eigenvalue weighted by Crippen LogP contribution is 2.38. The Hall–Kier alpha value is -4.08. The van der Waals surface area contributed by atoms with Gasteiger partial charge in [0.2, 0.25) is 5.95 Å². The van der Waals surface area contributed by atoms with E-state index < -0.39 is 16.9 Å². The van der Waals surface area contributed by atoms with Gasteiger partial charge in [0.1, 0.15) is 12.6 Å². The summed E-state index contributed by atoms with van der Waals surface area (Å²) in [6, 6.07) is 14.5. The first kappa shape index (κ1) is 18.3. The van der Waals surface area contributed by atoms with Crippen molar-refractivity contribution < 1.29 is 14.5 Å². The van der Waals surface area contributed by atoms with Gasteiger partial charge >= 0.3 is 5.97 Å². The molecule has 2 aromatic carbocycles. The fourth-order valence-electron chi connectivity index (χ4n) is 3.25. The molecular formula is C19H16N6O4. The summed E-state index contributed by atoms with van der Waals surface area (Å²) < 4.78 is 6.83. The third-order valence-corrected chi connectivity index (χ3v) is 4.57. The van der Waals surface area contributed by atoms with Gasteiger partial charge in [-0.25, -0.2) is 4.79 Å². The monoisotopic (exact) mass is 392 g/mol. The maximum absolute atomic E-state index is 13.0. The number of nitrogens with one attached hydrogen (secondary N) is 1. The van der Waals surface area contributed by atoms with E-state index in [1.165, 1.54) is 10.7 Å². The van der Waals surface area contributed by atoms with E-state index in [1.54, 1.807) is 25.1 Å². The second-order valence-corrected chi connectivity index (χ2v) is 6.39. The van der Waals surface area contributed by atoms with E-state index >= 15 is 0 Å². The van der Waals surface area contributed by atoms with Crippen LogP contribution < -0.4 is 5.32 Å². The average Bonchev–Trinajstić information content (AvgIpc) is 3.19. The minimum atomic E-state index is -0.897. The topological polar surface area (TPSA) is 125 Å². The molecule has 0 spiro atoms. The van der Waals surface area contributed by atoms with Gasteiger partial charge < -0.3 is 10.1 Å².